The Morgan fingerprint density at radius 3 is 3.00 bits per heavy atom. The second-order valence-corrected chi connectivity index (χ2v) is 3.86. The van der Waals surface area contributed by atoms with Gasteiger partial charge in [0.05, 0.1) is 5.52 Å². The van der Waals surface area contributed by atoms with Gasteiger partial charge in [-0.25, -0.2) is 4.98 Å². The van der Waals surface area contributed by atoms with Crippen LogP contribution in [0.15, 0.2) is 29.3 Å². The number of aliphatic carboxylic acids is 1. The van der Waals surface area contributed by atoms with Gasteiger partial charge in [-0.05, 0) is 27.6 Å². The van der Waals surface area contributed by atoms with E-state index in [9.17, 15) is 4.79 Å². The number of imidazole rings is 1. The molecule has 1 unspecified atom stereocenters. The SMILES string of the molecule is NC(C(=O)O)c1ccc2c(Br)ncn2c1. The predicted molar refractivity (Wildman–Crippen MR) is 57.5 cm³/mol. The van der Waals surface area contributed by atoms with Gasteiger partial charge in [-0.2, -0.15) is 0 Å². The molecular weight excluding hydrogens is 262 g/mol. The highest BCUT2D eigenvalue weighted by molar-refractivity contribution is 9.10. The highest BCUT2D eigenvalue weighted by atomic mass is 79.9. The molecule has 1 atom stereocenters. The third-order valence-corrected chi connectivity index (χ3v) is 2.74. The van der Waals surface area contributed by atoms with E-state index in [4.69, 9.17) is 10.8 Å². The predicted octanol–water partition coefficient (Wildman–Crippen LogP) is 1.18. The number of pyridine rings is 1. The van der Waals surface area contributed by atoms with E-state index < -0.39 is 12.0 Å². The molecule has 0 saturated carbocycles. The molecule has 0 fully saturated rings. The number of carboxylic acids is 1. The fourth-order valence-corrected chi connectivity index (χ4v) is 1.74. The zero-order chi connectivity index (χ0) is 11.0. The minimum atomic E-state index is -1.05. The molecule has 0 aliphatic rings. The first-order valence-corrected chi connectivity index (χ1v) is 4.99. The molecule has 5 nitrogen and oxygen atoms in total. The Morgan fingerprint density at radius 2 is 2.33 bits per heavy atom. The van der Waals surface area contributed by atoms with Crippen molar-refractivity contribution in [2.75, 3.05) is 0 Å². The van der Waals surface area contributed by atoms with Crippen LogP contribution in [0.5, 0.6) is 0 Å². The van der Waals surface area contributed by atoms with Gasteiger partial charge in [0, 0.05) is 6.20 Å². The molecule has 2 aromatic rings. The van der Waals surface area contributed by atoms with Crippen molar-refractivity contribution in [1.82, 2.24) is 9.38 Å². The maximum Gasteiger partial charge on any atom is 0.325 e. The Bertz CT molecular complexity index is 523. The number of nitrogens with zero attached hydrogens (tertiary/aromatic N) is 2. The molecule has 2 rings (SSSR count). The molecule has 0 aromatic carbocycles. The van der Waals surface area contributed by atoms with Gasteiger partial charge in [-0.15, -0.1) is 0 Å². The van der Waals surface area contributed by atoms with Crippen LogP contribution in [0.1, 0.15) is 11.6 Å². The third kappa shape index (κ3) is 1.73. The Kier molecular flexibility index (Phi) is 2.45. The summed E-state index contributed by atoms with van der Waals surface area (Å²) in [5.41, 5.74) is 6.90. The summed E-state index contributed by atoms with van der Waals surface area (Å²) in [6, 6.07) is 2.45. The Balaban J connectivity index is 2.52. The maximum atomic E-state index is 10.7. The molecule has 2 aromatic heterocycles. The van der Waals surface area contributed by atoms with Gasteiger partial charge in [-0.3, -0.25) is 4.79 Å². The van der Waals surface area contributed by atoms with Crippen LogP contribution in [-0.2, 0) is 4.79 Å². The quantitative estimate of drug-likeness (QED) is 0.858. The molecule has 0 amide bonds. The fourth-order valence-electron chi connectivity index (χ4n) is 1.31. The van der Waals surface area contributed by atoms with Crippen LogP contribution in [0.2, 0.25) is 0 Å². The molecule has 0 bridgehead atoms. The van der Waals surface area contributed by atoms with Crippen molar-refractivity contribution in [2.24, 2.45) is 5.73 Å². The highest BCUT2D eigenvalue weighted by Gasteiger charge is 2.14. The van der Waals surface area contributed by atoms with Crippen molar-refractivity contribution in [3.8, 4) is 0 Å². The van der Waals surface area contributed by atoms with Crippen molar-refractivity contribution in [2.45, 2.75) is 6.04 Å². The highest BCUT2D eigenvalue weighted by Crippen LogP contribution is 2.18. The number of hydrogen-bond acceptors (Lipinski definition) is 3. The van der Waals surface area contributed by atoms with Crippen molar-refractivity contribution in [1.29, 1.82) is 0 Å². The maximum absolute atomic E-state index is 10.7. The summed E-state index contributed by atoms with van der Waals surface area (Å²) in [5, 5.41) is 8.75. The van der Waals surface area contributed by atoms with Crippen LogP contribution in [0.4, 0.5) is 0 Å². The molecule has 6 heteroatoms. The molecular formula is C9H8BrN3O2. The summed E-state index contributed by atoms with van der Waals surface area (Å²) in [6.45, 7) is 0. The average molecular weight is 270 g/mol. The van der Waals surface area contributed by atoms with Crippen LogP contribution in [-0.4, -0.2) is 20.5 Å². The zero-order valence-corrected chi connectivity index (χ0v) is 9.18. The lowest BCUT2D eigenvalue weighted by Crippen LogP contribution is -2.20. The second kappa shape index (κ2) is 3.63. The molecule has 0 aliphatic carbocycles. The Labute approximate surface area is 93.7 Å². The fraction of sp³-hybridized carbons (Fsp3) is 0.111. The van der Waals surface area contributed by atoms with E-state index in [1.165, 1.54) is 0 Å². The number of nitrogens with two attached hydrogens (primary N) is 1. The third-order valence-electron chi connectivity index (χ3n) is 2.13. The number of hydrogen-bond donors (Lipinski definition) is 2. The Morgan fingerprint density at radius 1 is 1.60 bits per heavy atom. The van der Waals surface area contributed by atoms with Crippen LogP contribution < -0.4 is 5.73 Å². The van der Waals surface area contributed by atoms with Crippen molar-refractivity contribution < 1.29 is 9.90 Å². The molecule has 15 heavy (non-hydrogen) atoms. The summed E-state index contributed by atoms with van der Waals surface area (Å²) in [7, 11) is 0. The van der Waals surface area contributed by atoms with Crippen LogP contribution in [0, 0.1) is 0 Å². The van der Waals surface area contributed by atoms with Crippen LogP contribution in [0.3, 0.4) is 0 Å². The van der Waals surface area contributed by atoms with E-state index in [1.54, 1.807) is 29.1 Å². The molecule has 0 spiro atoms. The number of fused-ring (bicyclic) bond motifs is 1. The van der Waals surface area contributed by atoms with Gasteiger partial charge < -0.3 is 15.2 Å². The van der Waals surface area contributed by atoms with Gasteiger partial charge >= 0.3 is 5.97 Å². The lowest BCUT2D eigenvalue weighted by Gasteiger charge is -2.06. The molecule has 0 radical (unpaired) electrons. The van der Waals surface area contributed by atoms with E-state index in [1.807, 2.05) is 0 Å². The first-order chi connectivity index (χ1) is 7.09. The molecule has 0 aliphatic heterocycles. The summed E-state index contributed by atoms with van der Waals surface area (Å²) in [4.78, 5) is 14.7. The minimum absolute atomic E-state index is 0.542. The smallest absolute Gasteiger partial charge is 0.325 e. The number of carbonyl (C=O) groups is 1. The van der Waals surface area contributed by atoms with E-state index in [-0.39, 0.29) is 0 Å². The molecule has 78 valence electrons. The molecule has 0 saturated heterocycles. The first kappa shape index (κ1) is 10.1. The second-order valence-electron chi connectivity index (χ2n) is 3.11. The lowest BCUT2D eigenvalue weighted by molar-refractivity contribution is -0.138. The van der Waals surface area contributed by atoms with Gasteiger partial charge in [0.25, 0.3) is 0 Å². The van der Waals surface area contributed by atoms with Crippen molar-refractivity contribution >= 4 is 27.4 Å². The van der Waals surface area contributed by atoms with Gasteiger partial charge in [0.1, 0.15) is 17.0 Å². The first-order valence-electron chi connectivity index (χ1n) is 4.20. The summed E-state index contributed by atoms with van der Waals surface area (Å²) < 4.78 is 2.44. The van der Waals surface area contributed by atoms with Crippen LogP contribution in [0.25, 0.3) is 5.52 Å². The van der Waals surface area contributed by atoms with E-state index in [2.05, 4.69) is 20.9 Å². The van der Waals surface area contributed by atoms with Crippen LogP contribution >= 0.6 is 15.9 Å². The summed E-state index contributed by atoms with van der Waals surface area (Å²) in [5.74, 6) is -1.05. The summed E-state index contributed by atoms with van der Waals surface area (Å²) in [6.07, 6.45) is 3.25. The summed E-state index contributed by atoms with van der Waals surface area (Å²) >= 11 is 3.28. The van der Waals surface area contributed by atoms with E-state index in [0.717, 1.165) is 10.1 Å². The van der Waals surface area contributed by atoms with Crippen molar-refractivity contribution in [3.05, 3.63) is 34.8 Å². The minimum Gasteiger partial charge on any atom is -0.480 e. The number of rotatable bonds is 2. The number of aromatic nitrogens is 2. The topological polar surface area (TPSA) is 80.6 Å². The van der Waals surface area contributed by atoms with Gasteiger partial charge in [0.15, 0.2) is 0 Å². The average Bonchev–Trinajstić information content (AvgIpc) is 2.59. The largest absolute Gasteiger partial charge is 0.480 e. The van der Waals surface area contributed by atoms with E-state index >= 15 is 0 Å². The number of carboxylic acid groups (broad SMARTS) is 1. The zero-order valence-electron chi connectivity index (χ0n) is 7.59. The van der Waals surface area contributed by atoms with Crippen molar-refractivity contribution in [3.63, 3.8) is 0 Å². The van der Waals surface area contributed by atoms with Gasteiger partial charge in [0.2, 0.25) is 0 Å². The van der Waals surface area contributed by atoms with Gasteiger partial charge in [-0.1, -0.05) is 6.07 Å². The number of halogens is 1. The van der Waals surface area contributed by atoms with E-state index in [0.29, 0.717) is 5.56 Å². The lowest BCUT2D eigenvalue weighted by atomic mass is 10.1. The standard InChI is InChI=1S/C9H8BrN3O2/c10-8-6-2-1-5(7(11)9(14)15)3-13(6)4-12-8/h1-4,7H,11H2,(H,14,15). The molecule has 2 heterocycles. The molecule has 3 N–H and O–H groups in total. The monoisotopic (exact) mass is 269 g/mol. The normalized spacial score (nSPS) is 12.9. The Hall–Kier alpha value is -1.40.